The molecule has 3 nitrogen and oxygen atoms in total. The second-order valence-electron chi connectivity index (χ2n) is 3.97. The molecule has 2 fully saturated rings. The first kappa shape index (κ1) is 9.64. The van der Waals surface area contributed by atoms with Gasteiger partial charge in [-0.15, -0.1) is 0 Å². The van der Waals surface area contributed by atoms with Gasteiger partial charge in [0.25, 0.3) is 0 Å². The molecule has 0 aromatic heterocycles. The zero-order valence-electron chi connectivity index (χ0n) is 8.36. The lowest BCUT2D eigenvalue weighted by Gasteiger charge is -2.21. The maximum absolute atomic E-state index is 5.59. The van der Waals surface area contributed by atoms with Crippen molar-refractivity contribution in [2.75, 3.05) is 14.2 Å². The molecule has 0 amide bonds. The fourth-order valence-electron chi connectivity index (χ4n) is 2.34. The molecule has 2 aliphatic rings. The van der Waals surface area contributed by atoms with Crippen LogP contribution in [0.4, 0.5) is 0 Å². The van der Waals surface area contributed by atoms with E-state index in [9.17, 15) is 0 Å². The van der Waals surface area contributed by atoms with Crippen LogP contribution >= 0.6 is 0 Å². The first-order chi connectivity index (χ1) is 6.35. The van der Waals surface area contributed by atoms with E-state index in [1.165, 1.54) is 19.3 Å². The lowest BCUT2D eigenvalue weighted by atomic mass is 9.91. The fraction of sp³-hybridized carbons (Fsp3) is 1.00. The van der Waals surface area contributed by atoms with Gasteiger partial charge in [-0.3, -0.25) is 0 Å². The zero-order valence-corrected chi connectivity index (χ0v) is 9.52. The minimum absolute atomic E-state index is 0.550. The summed E-state index contributed by atoms with van der Waals surface area (Å²) >= 11 is 0. The predicted octanol–water partition coefficient (Wildman–Crippen LogP) is 1.07. The Labute approximate surface area is 81.2 Å². The number of hydrogen-bond acceptors (Lipinski definition) is 3. The van der Waals surface area contributed by atoms with Crippen molar-refractivity contribution < 1.29 is 13.6 Å². The average molecular weight is 202 g/mol. The summed E-state index contributed by atoms with van der Waals surface area (Å²) in [5.74, 6) is 0.718. The van der Waals surface area contributed by atoms with Gasteiger partial charge < -0.3 is 13.6 Å². The zero-order chi connectivity index (χ0) is 9.26. The molecule has 0 radical (unpaired) electrons. The Morgan fingerprint density at radius 3 is 2.77 bits per heavy atom. The number of fused-ring (bicyclic) bond motifs is 1. The van der Waals surface area contributed by atoms with Crippen LogP contribution in [0.25, 0.3) is 0 Å². The standard InChI is InChI=1S/C9H18O3Si/c1-10-13(11-2)6-7-4-3-5-8-9(7)12-8/h7-9,13H,3-6H2,1-2H3. The van der Waals surface area contributed by atoms with E-state index in [1.807, 2.05) is 0 Å². The summed E-state index contributed by atoms with van der Waals surface area (Å²) in [4.78, 5) is 0. The molecular formula is C9H18O3Si. The third-order valence-electron chi connectivity index (χ3n) is 3.17. The second kappa shape index (κ2) is 4.08. The summed E-state index contributed by atoms with van der Waals surface area (Å²) in [6.07, 6.45) is 5.03. The Bertz CT molecular complexity index is 172. The molecule has 0 N–H and O–H groups in total. The van der Waals surface area contributed by atoms with Crippen LogP contribution in [0.1, 0.15) is 19.3 Å². The molecule has 1 saturated heterocycles. The van der Waals surface area contributed by atoms with E-state index in [0.29, 0.717) is 12.2 Å². The highest BCUT2D eigenvalue weighted by Gasteiger charge is 2.47. The van der Waals surface area contributed by atoms with Gasteiger partial charge in [0.1, 0.15) is 0 Å². The van der Waals surface area contributed by atoms with E-state index in [-0.39, 0.29) is 0 Å². The van der Waals surface area contributed by atoms with Crippen molar-refractivity contribution in [3.8, 4) is 0 Å². The molecule has 0 spiro atoms. The lowest BCUT2D eigenvalue weighted by Crippen LogP contribution is -2.27. The molecule has 0 bridgehead atoms. The van der Waals surface area contributed by atoms with Gasteiger partial charge in [-0.1, -0.05) is 6.42 Å². The summed E-state index contributed by atoms with van der Waals surface area (Å²) in [6.45, 7) is 0. The van der Waals surface area contributed by atoms with Gasteiger partial charge in [-0.2, -0.15) is 0 Å². The van der Waals surface area contributed by atoms with Crippen molar-refractivity contribution in [3.05, 3.63) is 0 Å². The van der Waals surface area contributed by atoms with Crippen LogP contribution in [-0.2, 0) is 13.6 Å². The number of epoxide rings is 1. The first-order valence-corrected chi connectivity index (χ1v) is 6.82. The molecule has 1 saturated carbocycles. The summed E-state index contributed by atoms with van der Waals surface area (Å²) in [5.41, 5.74) is 0. The van der Waals surface area contributed by atoms with Gasteiger partial charge in [0.15, 0.2) is 0 Å². The van der Waals surface area contributed by atoms with E-state index >= 15 is 0 Å². The molecule has 13 heavy (non-hydrogen) atoms. The van der Waals surface area contributed by atoms with E-state index < -0.39 is 9.28 Å². The molecular weight excluding hydrogens is 184 g/mol. The molecule has 1 aliphatic carbocycles. The molecule has 3 atom stereocenters. The van der Waals surface area contributed by atoms with Crippen molar-refractivity contribution in [2.24, 2.45) is 5.92 Å². The van der Waals surface area contributed by atoms with Gasteiger partial charge >= 0.3 is 9.28 Å². The van der Waals surface area contributed by atoms with Crippen LogP contribution in [-0.4, -0.2) is 35.7 Å². The van der Waals surface area contributed by atoms with Crippen molar-refractivity contribution in [2.45, 2.75) is 37.5 Å². The Kier molecular flexibility index (Phi) is 3.03. The van der Waals surface area contributed by atoms with Gasteiger partial charge in [0, 0.05) is 14.2 Å². The number of ether oxygens (including phenoxy) is 1. The molecule has 4 heteroatoms. The molecule has 76 valence electrons. The molecule has 1 aliphatic heterocycles. The summed E-state index contributed by atoms with van der Waals surface area (Å²) in [6, 6.07) is 1.12. The summed E-state index contributed by atoms with van der Waals surface area (Å²) in [7, 11) is 2.16. The minimum atomic E-state index is -1.36. The van der Waals surface area contributed by atoms with Crippen LogP contribution in [0.15, 0.2) is 0 Å². The monoisotopic (exact) mass is 202 g/mol. The quantitative estimate of drug-likeness (QED) is 0.505. The van der Waals surface area contributed by atoms with Gasteiger partial charge in [-0.05, 0) is 24.8 Å². The topological polar surface area (TPSA) is 31.0 Å². The van der Waals surface area contributed by atoms with Crippen LogP contribution in [0.5, 0.6) is 0 Å². The lowest BCUT2D eigenvalue weighted by molar-refractivity contribution is 0.256. The normalized spacial score (nSPS) is 37.6. The third kappa shape index (κ3) is 2.12. The molecule has 0 aromatic rings. The average Bonchev–Trinajstić information content (AvgIpc) is 2.93. The molecule has 1 heterocycles. The highest BCUT2D eigenvalue weighted by Crippen LogP contribution is 2.42. The SMILES string of the molecule is CO[SiH](CC1CCCC2OC12)OC. The smallest absolute Gasteiger partial charge is 0.321 e. The minimum Gasteiger partial charge on any atom is -0.400 e. The molecule has 3 unspecified atom stereocenters. The predicted molar refractivity (Wildman–Crippen MR) is 52.0 cm³/mol. The molecule has 2 rings (SSSR count). The van der Waals surface area contributed by atoms with E-state index in [2.05, 4.69) is 0 Å². The second-order valence-corrected chi connectivity index (χ2v) is 6.24. The molecule has 0 aromatic carbocycles. The van der Waals surface area contributed by atoms with Crippen molar-refractivity contribution in [1.29, 1.82) is 0 Å². The highest BCUT2D eigenvalue weighted by atomic mass is 28.3. The van der Waals surface area contributed by atoms with Crippen LogP contribution in [0.3, 0.4) is 0 Å². The van der Waals surface area contributed by atoms with Gasteiger partial charge in [-0.25, -0.2) is 0 Å². The van der Waals surface area contributed by atoms with Crippen LogP contribution in [0, 0.1) is 5.92 Å². The maximum atomic E-state index is 5.59. The van der Waals surface area contributed by atoms with Crippen molar-refractivity contribution in [3.63, 3.8) is 0 Å². The largest absolute Gasteiger partial charge is 0.400 e. The number of hydrogen-bond donors (Lipinski definition) is 0. The van der Waals surface area contributed by atoms with Crippen molar-refractivity contribution in [1.82, 2.24) is 0 Å². The van der Waals surface area contributed by atoms with E-state index in [0.717, 1.165) is 12.0 Å². The highest BCUT2D eigenvalue weighted by molar-refractivity contribution is 6.44. The maximum Gasteiger partial charge on any atom is 0.321 e. The van der Waals surface area contributed by atoms with E-state index in [1.54, 1.807) is 14.2 Å². The van der Waals surface area contributed by atoms with Crippen LogP contribution < -0.4 is 0 Å². The van der Waals surface area contributed by atoms with Gasteiger partial charge in [0.05, 0.1) is 12.2 Å². The van der Waals surface area contributed by atoms with Crippen LogP contribution in [0.2, 0.25) is 6.04 Å². The summed E-state index contributed by atoms with van der Waals surface area (Å²) < 4.78 is 16.3. The Morgan fingerprint density at radius 1 is 1.31 bits per heavy atom. The van der Waals surface area contributed by atoms with Gasteiger partial charge in [0.2, 0.25) is 0 Å². The number of rotatable bonds is 4. The van der Waals surface area contributed by atoms with E-state index in [4.69, 9.17) is 13.6 Å². The van der Waals surface area contributed by atoms with Crippen molar-refractivity contribution >= 4 is 9.28 Å². The fourth-order valence-corrected chi connectivity index (χ4v) is 3.91. The Morgan fingerprint density at radius 2 is 2.08 bits per heavy atom. The Hall–Kier alpha value is 0.0969. The summed E-state index contributed by atoms with van der Waals surface area (Å²) in [5, 5.41) is 0. The third-order valence-corrected chi connectivity index (χ3v) is 5.21. The first-order valence-electron chi connectivity index (χ1n) is 5.06. The Balaban J connectivity index is 1.79.